The van der Waals surface area contributed by atoms with Crippen LogP contribution in [0.1, 0.15) is 39.5 Å². The van der Waals surface area contributed by atoms with E-state index in [9.17, 15) is 9.90 Å². The molecule has 21 heavy (non-hydrogen) atoms. The fourth-order valence-electron chi connectivity index (χ4n) is 3.21. The number of carbonyl (C=O) groups is 1. The maximum Gasteiger partial charge on any atom is 0.234 e. The minimum Gasteiger partial charge on any atom is -0.508 e. The summed E-state index contributed by atoms with van der Waals surface area (Å²) in [5, 5.41) is 9.64. The van der Waals surface area contributed by atoms with E-state index in [1.807, 2.05) is 13.0 Å². The van der Waals surface area contributed by atoms with Crippen LogP contribution in [-0.2, 0) is 4.79 Å². The van der Waals surface area contributed by atoms with Gasteiger partial charge in [-0.05, 0) is 50.7 Å². The first kappa shape index (κ1) is 15.8. The van der Waals surface area contributed by atoms with Gasteiger partial charge in [0, 0.05) is 24.8 Å². The molecule has 1 amide bonds. The number of aromatic hydroxyl groups is 1. The van der Waals surface area contributed by atoms with Crippen LogP contribution in [0.25, 0.3) is 0 Å². The molecule has 0 unspecified atom stereocenters. The van der Waals surface area contributed by atoms with Crippen LogP contribution < -0.4 is 10.6 Å². The molecule has 1 aromatic carbocycles. The summed E-state index contributed by atoms with van der Waals surface area (Å²) >= 11 is 0. The molecular weight excluding hydrogens is 264 g/mol. The van der Waals surface area contributed by atoms with Crippen molar-refractivity contribution in [1.29, 1.82) is 0 Å². The normalized spacial score (nSPS) is 25.6. The molecule has 0 aromatic heterocycles. The first-order valence-electron chi connectivity index (χ1n) is 7.83. The number of amides is 1. The maximum absolute atomic E-state index is 13.1. The average Bonchev–Trinajstić information content (AvgIpc) is 2.49. The summed E-state index contributed by atoms with van der Waals surface area (Å²) < 4.78 is 0. The molecule has 3 N–H and O–H groups in total. The lowest BCUT2D eigenvalue weighted by atomic mass is 9.70. The third-order valence-electron chi connectivity index (χ3n) is 4.78. The van der Waals surface area contributed by atoms with Crippen molar-refractivity contribution in [2.45, 2.75) is 39.5 Å². The number of nitrogens with two attached hydrogens (primary N) is 1. The molecule has 1 aliphatic carbocycles. The van der Waals surface area contributed by atoms with Gasteiger partial charge in [0.2, 0.25) is 5.91 Å². The van der Waals surface area contributed by atoms with Crippen molar-refractivity contribution >= 4 is 11.6 Å². The van der Waals surface area contributed by atoms with Crippen molar-refractivity contribution in [2.24, 2.45) is 17.1 Å². The van der Waals surface area contributed by atoms with Crippen molar-refractivity contribution in [3.63, 3.8) is 0 Å². The lowest BCUT2D eigenvalue weighted by molar-refractivity contribution is -0.130. The molecule has 1 aromatic rings. The molecular formula is C17H26N2O2. The van der Waals surface area contributed by atoms with Crippen LogP contribution in [0, 0.1) is 11.3 Å². The molecule has 0 spiro atoms. The van der Waals surface area contributed by atoms with Gasteiger partial charge in [-0.1, -0.05) is 13.0 Å². The number of nitrogens with zero attached hydrogens (tertiary/aromatic N) is 1. The summed E-state index contributed by atoms with van der Waals surface area (Å²) in [5.74, 6) is 0.955. The van der Waals surface area contributed by atoms with Gasteiger partial charge in [0.25, 0.3) is 0 Å². The van der Waals surface area contributed by atoms with Crippen LogP contribution in [0.2, 0.25) is 0 Å². The Morgan fingerprint density at radius 3 is 2.62 bits per heavy atom. The molecule has 4 nitrogen and oxygen atoms in total. The summed E-state index contributed by atoms with van der Waals surface area (Å²) in [4.78, 5) is 14.8. The van der Waals surface area contributed by atoms with Gasteiger partial charge in [0.15, 0.2) is 0 Å². The van der Waals surface area contributed by atoms with Crippen LogP contribution >= 0.6 is 0 Å². The van der Waals surface area contributed by atoms with Gasteiger partial charge in [0.1, 0.15) is 5.75 Å². The van der Waals surface area contributed by atoms with E-state index in [1.165, 1.54) is 0 Å². The summed E-state index contributed by atoms with van der Waals surface area (Å²) in [6.45, 7) is 5.17. The number of phenolic OH excluding ortho intramolecular Hbond substituents is 1. The van der Waals surface area contributed by atoms with Gasteiger partial charge in [0.05, 0.1) is 5.41 Å². The van der Waals surface area contributed by atoms with Crippen molar-refractivity contribution in [1.82, 2.24) is 0 Å². The zero-order chi connectivity index (χ0) is 15.5. The van der Waals surface area contributed by atoms with Gasteiger partial charge >= 0.3 is 0 Å². The molecule has 0 heterocycles. The largest absolute Gasteiger partial charge is 0.508 e. The van der Waals surface area contributed by atoms with Gasteiger partial charge in [-0.25, -0.2) is 0 Å². The molecule has 1 aliphatic rings. The van der Waals surface area contributed by atoms with E-state index in [4.69, 9.17) is 5.73 Å². The van der Waals surface area contributed by atoms with E-state index in [0.717, 1.165) is 31.4 Å². The maximum atomic E-state index is 13.1. The Labute approximate surface area is 126 Å². The second kappa shape index (κ2) is 6.48. The lowest BCUT2D eigenvalue weighted by Gasteiger charge is -2.40. The molecule has 1 fully saturated rings. The molecule has 2 rings (SSSR count). The minimum absolute atomic E-state index is 0.102. The summed E-state index contributed by atoms with van der Waals surface area (Å²) in [5.41, 5.74) is 6.30. The molecule has 0 aliphatic heterocycles. The third-order valence-corrected chi connectivity index (χ3v) is 4.78. The average molecular weight is 290 g/mol. The fourth-order valence-corrected chi connectivity index (χ4v) is 3.21. The van der Waals surface area contributed by atoms with Crippen molar-refractivity contribution < 1.29 is 9.90 Å². The van der Waals surface area contributed by atoms with Gasteiger partial charge < -0.3 is 15.7 Å². The van der Waals surface area contributed by atoms with Gasteiger partial charge in [-0.2, -0.15) is 0 Å². The smallest absolute Gasteiger partial charge is 0.234 e. The van der Waals surface area contributed by atoms with E-state index in [0.29, 0.717) is 19.0 Å². The van der Waals surface area contributed by atoms with Crippen LogP contribution in [0.4, 0.5) is 5.69 Å². The molecule has 1 saturated carbocycles. The Bertz CT molecular complexity index is 493. The van der Waals surface area contributed by atoms with Crippen molar-refractivity contribution in [3.8, 4) is 5.75 Å². The Kier molecular flexibility index (Phi) is 4.88. The predicted molar refractivity (Wildman–Crippen MR) is 85.3 cm³/mol. The van der Waals surface area contributed by atoms with Crippen LogP contribution in [0.15, 0.2) is 24.3 Å². The highest BCUT2D eigenvalue weighted by atomic mass is 16.3. The Morgan fingerprint density at radius 2 is 2.10 bits per heavy atom. The highest BCUT2D eigenvalue weighted by Gasteiger charge is 2.42. The topological polar surface area (TPSA) is 66.6 Å². The number of rotatable bonds is 4. The number of phenols is 1. The van der Waals surface area contributed by atoms with E-state index in [-0.39, 0.29) is 11.7 Å². The Balaban J connectivity index is 2.26. The Hall–Kier alpha value is -1.55. The molecule has 4 heteroatoms. The molecule has 0 saturated heterocycles. The SMILES string of the molecule is CCN(C(=O)C1(CN)CCC(C)CC1)c1cccc(O)c1. The number of benzene rings is 1. The second-order valence-electron chi connectivity index (χ2n) is 6.24. The standard InChI is InChI=1S/C17H26N2O2/c1-3-19(14-5-4-6-15(20)11-14)16(21)17(12-18)9-7-13(2)8-10-17/h4-6,11,13,20H,3,7-10,12,18H2,1-2H3. The highest BCUT2D eigenvalue weighted by molar-refractivity contribution is 5.98. The van der Waals surface area contributed by atoms with Crippen molar-refractivity contribution in [3.05, 3.63) is 24.3 Å². The van der Waals surface area contributed by atoms with E-state index in [2.05, 4.69) is 6.92 Å². The second-order valence-corrected chi connectivity index (χ2v) is 6.24. The van der Waals surface area contributed by atoms with E-state index in [1.54, 1.807) is 23.1 Å². The van der Waals surface area contributed by atoms with Crippen LogP contribution in [0.3, 0.4) is 0 Å². The quantitative estimate of drug-likeness (QED) is 0.896. The zero-order valence-corrected chi connectivity index (χ0v) is 13.0. The molecule has 0 bridgehead atoms. The number of anilines is 1. The molecule has 116 valence electrons. The zero-order valence-electron chi connectivity index (χ0n) is 13.0. The highest BCUT2D eigenvalue weighted by Crippen LogP contribution is 2.40. The minimum atomic E-state index is -0.437. The van der Waals surface area contributed by atoms with Crippen LogP contribution in [0.5, 0.6) is 5.75 Å². The third kappa shape index (κ3) is 3.21. The first-order valence-corrected chi connectivity index (χ1v) is 7.83. The first-order chi connectivity index (χ1) is 10.0. The van der Waals surface area contributed by atoms with E-state index < -0.39 is 5.41 Å². The molecule has 0 atom stereocenters. The number of hydrogen-bond donors (Lipinski definition) is 2. The molecule has 0 radical (unpaired) electrons. The Morgan fingerprint density at radius 1 is 1.43 bits per heavy atom. The van der Waals surface area contributed by atoms with Crippen molar-refractivity contribution in [2.75, 3.05) is 18.0 Å². The van der Waals surface area contributed by atoms with Crippen LogP contribution in [-0.4, -0.2) is 24.1 Å². The lowest BCUT2D eigenvalue weighted by Crippen LogP contribution is -2.50. The van der Waals surface area contributed by atoms with Gasteiger partial charge in [-0.3, -0.25) is 4.79 Å². The fraction of sp³-hybridized carbons (Fsp3) is 0.588. The number of hydrogen-bond acceptors (Lipinski definition) is 3. The summed E-state index contributed by atoms with van der Waals surface area (Å²) in [7, 11) is 0. The predicted octanol–water partition coefficient (Wildman–Crippen LogP) is 2.90. The van der Waals surface area contributed by atoms with Gasteiger partial charge in [-0.15, -0.1) is 0 Å². The number of carbonyl (C=O) groups excluding carboxylic acids is 1. The monoisotopic (exact) mass is 290 g/mol. The van der Waals surface area contributed by atoms with E-state index >= 15 is 0 Å². The summed E-state index contributed by atoms with van der Waals surface area (Å²) in [6, 6.07) is 6.87. The summed E-state index contributed by atoms with van der Waals surface area (Å²) in [6.07, 6.45) is 3.83.